The van der Waals surface area contributed by atoms with Crippen LogP contribution >= 0.6 is 0 Å². The Morgan fingerprint density at radius 3 is 1.80 bits per heavy atom. The smallest absolute Gasteiger partial charge is 1.00 e. The molecule has 0 spiro atoms. The van der Waals surface area contributed by atoms with Gasteiger partial charge in [-0.05, 0) is 0 Å². The fraction of sp³-hybridized carbons (Fsp3) is 0.439. The molecule has 0 bridgehead atoms. The Morgan fingerprint density at radius 1 is 0.705 bits per heavy atom. The zero-order chi connectivity index (χ0) is 30.9. The molecule has 3 aromatic carbocycles. The van der Waals surface area contributed by atoms with E-state index in [0.717, 1.165) is 6.42 Å². The van der Waals surface area contributed by atoms with Gasteiger partial charge in [0.2, 0.25) is 0 Å². The van der Waals surface area contributed by atoms with Crippen LogP contribution in [0, 0.1) is 18.3 Å². The maximum absolute atomic E-state index is 2.67. The van der Waals surface area contributed by atoms with Crippen LogP contribution in [0.15, 0.2) is 75.1 Å². The normalized spacial score (nSPS) is 16.5. The molecule has 0 radical (unpaired) electrons. The summed E-state index contributed by atoms with van der Waals surface area (Å²) < 4.78 is 5.14. The molecular formula is C41H52Cl2Zr. The molecule has 5 rings (SSSR count). The van der Waals surface area contributed by atoms with Gasteiger partial charge in [-0.15, -0.1) is 0 Å². The van der Waals surface area contributed by atoms with E-state index in [1.807, 2.05) is 0 Å². The van der Waals surface area contributed by atoms with Crippen LogP contribution in [0.3, 0.4) is 0 Å². The largest absolute Gasteiger partial charge is 1.00 e. The third kappa shape index (κ3) is 6.92. The van der Waals surface area contributed by atoms with Gasteiger partial charge < -0.3 is 24.8 Å². The van der Waals surface area contributed by atoms with Crippen LogP contribution in [0.1, 0.15) is 116 Å². The van der Waals surface area contributed by atoms with Crippen LogP contribution in [0.5, 0.6) is 0 Å². The molecule has 2 aliphatic carbocycles. The number of halogens is 2. The molecule has 3 heteroatoms. The standard InChI is InChI=1S/C21H25.C11H17.C9H10.2ClH.Zr/c1-20(2,3)16-9-7-14-11-15-8-10-17(21(4,5)6)13-19(15)18(14)12-16;1-8-6-9(2)10(7-8)11(3,4)5;1-3-9-6-4-8(2)5-7-9;;;/h7,9-10,12-13H,11H2,1-6H3;7-8H,1-5H3;4-7H,1-2H3;2*1H;/q;;;;;+2/p-2. The van der Waals surface area contributed by atoms with Crippen molar-refractivity contribution in [3.8, 4) is 11.1 Å². The minimum absolute atomic E-state index is 0. The first kappa shape index (κ1) is 36.9. The van der Waals surface area contributed by atoms with Crippen molar-refractivity contribution in [3.05, 3.63) is 108 Å². The van der Waals surface area contributed by atoms with Gasteiger partial charge in [0.25, 0.3) is 0 Å². The molecule has 0 saturated heterocycles. The SMILES string of the molecule is CC1=[C](/[Zr+2](=[C](\C)c2ccc(C)cc2)[c]2cc(C(C)(C)C)cc3c2Cc2ccc(C(C)(C)C)cc2-3)C(C)C=C1C(C)(C)C.[Cl-].[Cl-]. The van der Waals surface area contributed by atoms with Crippen molar-refractivity contribution in [1.29, 1.82) is 0 Å². The molecule has 1 unspecified atom stereocenters. The topological polar surface area (TPSA) is 0 Å². The predicted molar refractivity (Wildman–Crippen MR) is 182 cm³/mol. The Morgan fingerprint density at radius 2 is 1.27 bits per heavy atom. The fourth-order valence-electron chi connectivity index (χ4n) is 7.07. The van der Waals surface area contributed by atoms with Gasteiger partial charge in [-0.2, -0.15) is 0 Å². The third-order valence-corrected chi connectivity index (χ3v) is 18.0. The molecule has 3 aromatic rings. The van der Waals surface area contributed by atoms with Crippen LogP contribution in [0.4, 0.5) is 0 Å². The molecule has 234 valence electrons. The maximum atomic E-state index is 2.67. The number of benzene rings is 3. The van der Waals surface area contributed by atoms with Crippen LogP contribution in [0.25, 0.3) is 11.1 Å². The maximum Gasteiger partial charge on any atom is -1.00 e. The summed E-state index contributed by atoms with van der Waals surface area (Å²) in [5.41, 5.74) is 15.3. The van der Waals surface area contributed by atoms with Gasteiger partial charge in [0.1, 0.15) is 0 Å². The number of hydrogen-bond donors (Lipinski definition) is 0. The van der Waals surface area contributed by atoms with Gasteiger partial charge in [-0.3, -0.25) is 0 Å². The Kier molecular flexibility index (Phi) is 10.9. The summed E-state index contributed by atoms with van der Waals surface area (Å²) in [5.74, 6) is 0.485. The fourth-order valence-corrected chi connectivity index (χ4v) is 15.5. The van der Waals surface area contributed by atoms with Crippen molar-refractivity contribution in [1.82, 2.24) is 0 Å². The molecule has 0 saturated carbocycles. The zero-order valence-electron chi connectivity index (χ0n) is 29.3. The van der Waals surface area contributed by atoms with Crippen molar-refractivity contribution >= 4 is 6.48 Å². The molecule has 0 amide bonds. The predicted octanol–water partition coefficient (Wildman–Crippen LogP) is 4.55. The summed E-state index contributed by atoms with van der Waals surface area (Å²) >= 11 is -2.62. The Balaban J connectivity index is 0.00000264. The molecule has 0 N–H and O–H groups in total. The van der Waals surface area contributed by atoms with E-state index in [9.17, 15) is 0 Å². The van der Waals surface area contributed by atoms with Crippen LogP contribution in [-0.2, 0) is 38.5 Å². The summed E-state index contributed by atoms with van der Waals surface area (Å²) in [6, 6.07) is 21.9. The third-order valence-electron chi connectivity index (χ3n) is 9.64. The van der Waals surface area contributed by atoms with E-state index in [2.05, 4.69) is 151 Å². The van der Waals surface area contributed by atoms with E-state index in [4.69, 9.17) is 0 Å². The van der Waals surface area contributed by atoms with Crippen molar-refractivity contribution in [3.63, 3.8) is 0 Å². The van der Waals surface area contributed by atoms with Crippen LogP contribution in [-0.4, -0.2) is 3.21 Å². The minimum Gasteiger partial charge on any atom is -1.00 e. The summed E-state index contributed by atoms with van der Waals surface area (Å²) in [7, 11) is 0. The molecule has 0 nitrogen and oxygen atoms in total. The van der Waals surface area contributed by atoms with Crippen molar-refractivity contribution in [2.75, 3.05) is 0 Å². The van der Waals surface area contributed by atoms with Gasteiger partial charge in [0.05, 0.1) is 0 Å². The number of rotatable bonds is 3. The van der Waals surface area contributed by atoms with E-state index in [0.29, 0.717) is 5.92 Å². The number of hydrogen-bond acceptors (Lipinski definition) is 0. The van der Waals surface area contributed by atoms with Gasteiger partial charge in [-0.25, -0.2) is 0 Å². The van der Waals surface area contributed by atoms with E-state index >= 15 is 0 Å². The van der Waals surface area contributed by atoms with E-state index in [1.165, 1.54) is 38.9 Å². The number of allylic oxidation sites excluding steroid dienone is 4. The summed E-state index contributed by atoms with van der Waals surface area (Å²) in [5, 5.41) is 0. The minimum atomic E-state index is -2.62. The molecule has 0 aliphatic heterocycles. The van der Waals surface area contributed by atoms with Crippen LogP contribution in [0.2, 0.25) is 0 Å². The molecule has 44 heavy (non-hydrogen) atoms. The van der Waals surface area contributed by atoms with E-state index in [-0.39, 0.29) is 41.1 Å². The zero-order valence-corrected chi connectivity index (χ0v) is 33.3. The molecular weight excluding hydrogens is 655 g/mol. The summed E-state index contributed by atoms with van der Waals surface area (Å²) in [6.45, 7) is 30.9. The monoisotopic (exact) mass is 704 g/mol. The number of fused-ring (bicyclic) bond motifs is 3. The van der Waals surface area contributed by atoms with Crippen molar-refractivity contribution < 1.29 is 46.1 Å². The average Bonchev–Trinajstić information content (AvgIpc) is 3.40. The Labute approximate surface area is 288 Å². The first-order chi connectivity index (χ1) is 19.4. The Hall–Kier alpha value is -1.53. The first-order valence-corrected chi connectivity index (χ1v) is 19.6. The molecule has 0 heterocycles. The van der Waals surface area contributed by atoms with E-state index in [1.54, 1.807) is 26.5 Å². The second kappa shape index (κ2) is 12.9. The van der Waals surface area contributed by atoms with Gasteiger partial charge in [0.15, 0.2) is 0 Å². The van der Waals surface area contributed by atoms with E-state index < -0.39 is 21.3 Å². The number of aryl methyl sites for hydroxylation is 1. The average molecular weight is 707 g/mol. The van der Waals surface area contributed by atoms with Gasteiger partial charge in [0, 0.05) is 0 Å². The van der Waals surface area contributed by atoms with Crippen molar-refractivity contribution in [2.24, 2.45) is 11.3 Å². The molecule has 0 aromatic heterocycles. The van der Waals surface area contributed by atoms with Gasteiger partial charge >= 0.3 is 266 Å². The second-order valence-electron chi connectivity index (χ2n) is 16.1. The Bertz CT molecular complexity index is 1660. The first-order valence-electron chi connectivity index (χ1n) is 15.9. The molecule has 0 fully saturated rings. The van der Waals surface area contributed by atoms with Crippen LogP contribution < -0.4 is 28.1 Å². The van der Waals surface area contributed by atoms with Gasteiger partial charge in [-0.1, -0.05) is 0 Å². The second-order valence-corrected chi connectivity index (χ2v) is 22.5. The van der Waals surface area contributed by atoms with Crippen molar-refractivity contribution in [2.45, 2.75) is 107 Å². The quantitative estimate of drug-likeness (QED) is 0.294. The summed E-state index contributed by atoms with van der Waals surface area (Å²) in [4.78, 5) is 0. The summed E-state index contributed by atoms with van der Waals surface area (Å²) in [6.07, 6.45) is 3.66. The molecule has 2 aliphatic rings. The molecule has 1 atom stereocenters.